The van der Waals surface area contributed by atoms with Gasteiger partial charge < -0.3 is 4.57 Å². The van der Waals surface area contributed by atoms with Crippen LogP contribution < -0.4 is 0 Å². The van der Waals surface area contributed by atoms with Gasteiger partial charge in [0.25, 0.3) is 0 Å². The van der Waals surface area contributed by atoms with Crippen molar-refractivity contribution >= 4 is 11.8 Å². The van der Waals surface area contributed by atoms with Crippen molar-refractivity contribution in [3.63, 3.8) is 0 Å². The molecule has 2 aliphatic carbocycles. The van der Waals surface area contributed by atoms with E-state index in [4.69, 9.17) is 0 Å². The van der Waals surface area contributed by atoms with Crippen molar-refractivity contribution in [2.75, 3.05) is 0 Å². The van der Waals surface area contributed by atoms with Gasteiger partial charge in [-0.25, -0.2) is 13.8 Å². The third kappa shape index (κ3) is 2.41. The lowest BCUT2D eigenvalue weighted by Crippen LogP contribution is -2.03. The molecule has 8 heteroatoms. The van der Waals surface area contributed by atoms with Gasteiger partial charge in [0.1, 0.15) is 10.9 Å². The smallest absolute Gasteiger partial charge is 0.250 e. The zero-order valence-electron chi connectivity index (χ0n) is 10.9. The summed E-state index contributed by atoms with van der Waals surface area (Å²) in [7, 11) is 0. The van der Waals surface area contributed by atoms with E-state index in [1.54, 1.807) is 0 Å². The van der Waals surface area contributed by atoms with Crippen LogP contribution in [-0.2, 0) is 0 Å². The van der Waals surface area contributed by atoms with Crippen LogP contribution in [0, 0.1) is 17.6 Å². The van der Waals surface area contributed by atoms with E-state index in [0.29, 0.717) is 23.2 Å². The van der Waals surface area contributed by atoms with Gasteiger partial charge in [-0.15, -0.1) is 10.2 Å². The molecule has 0 radical (unpaired) electrons. The first kappa shape index (κ1) is 13.1. The number of pyridine rings is 1. The lowest BCUT2D eigenvalue weighted by Gasteiger charge is -2.08. The molecule has 0 unspecified atom stereocenters. The summed E-state index contributed by atoms with van der Waals surface area (Å²) in [6.07, 6.45) is 4.26. The van der Waals surface area contributed by atoms with Crippen LogP contribution in [0.2, 0.25) is 0 Å². The molecule has 0 atom stereocenters. The Labute approximate surface area is 122 Å². The quantitative estimate of drug-likeness (QED) is 0.811. The highest BCUT2D eigenvalue weighted by Crippen LogP contribution is 2.46. The van der Waals surface area contributed by atoms with Crippen LogP contribution in [0.5, 0.6) is 0 Å². The van der Waals surface area contributed by atoms with Gasteiger partial charge in [-0.1, -0.05) is 0 Å². The predicted molar refractivity (Wildman–Crippen MR) is 68.5 cm³/mol. The first-order valence-corrected chi connectivity index (χ1v) is 7.59. The van der Waals surface area contributed by atoms with E-state index in [1.165, 1.54) is 0 Å². The number of hydrogen-bond donors (Lipinski definition) is 0. The van der Waals surface area contributed by atoms with Gasteiger partial charge in [-0.2, -0.15) is 4.39 Å². The molecule has 4 nitrogen and oxygen atoms in total. The monoisotopic (exact) mass is 312 g/mol. The highest BCUT2D eigenvalue weighted by Gasteiger charge is 2.36. The zero-order valence-corrected chi connectivity index (χ0v) is 11.7. The second kappa shape index (κ2) is 4.72. The van der Waals surface area contributed by atoms with Crippen LogP contribution in [0.3, 0.4) is 0 Å². The molecular formula is C13H11F3N4S. The molecule has 0 aliphatic heterocycles. The average molecular weight is 312 g/mol. The molecule has 2 fully saturated rings. The van der Waals surface area contributed by atoms with Crippen molar-refractivity contribution in [1.82, 2.24) is 19.7 Å². The number of aromatic nitrogens is 4. The number of halogens is 3. The summed E-state index contributed by atoms with van der Waals surface area (Å²) in [6, 6.07) is 0.844. The molecule has 0 aromatic carbocycles. The molecule has 0 bridgehead atoms. The summed E-state index contributed by atoms with van der Waals surface area (Å²) in [6.45, 7) is 0. The second-order valence-corrected chi connectivity index (χ2v) is 6.32. The van der Waals surface area contributed by atoms with Crippen LogP contribution in [0.15, 0.2) is 16.2 Å². The number of nitrogens with zero attached hydrogens (tertiary/aromatic N) is 4. The van der Waals surface area contributed by atoms with Crippen molar-refractivity contribution < 1.29 is 13.2 Å². The first-order valence-electron chi connectivity index (χ1n) is 6.77. The Morgan fingerprint density at radius 2 is 1.81 bits per heavy atom. The summed E-state index contributed by atoms with van der Waals surface area (Å²) < 4.78 is 41.8. The summed E-state index contributed by atoms with van der Waals surface area (Å²) >= 11 is 0.895. The van der Waals surface area contributed by atoms with Crippen LogP contribution in [-0.4, -0.2) is 19.7 Å². The van der Waals surface area contributed by atoms with E-state index in [9.17, 15) is 13.2 Å². The maximum Gasteiger partial charge on any atom is 0.250 e. The van der Waals surface area contributed by atoms with E-state index in [0.717, 1.165) is 43.3 Å². The third-order valence-electron chi connectivity index (χ3n) is 3.59. The zero-order chi connectivity index (χ0) is 14.6. The summed E-state index contributed by atoms with van der Waals surface area (Å²) in [5.41, 5.74) is 0. The minimum Gasteiger partial charge on any atom is -0.302 e. The number of rotatable bonds is 4. The van der Waals surface area contributed by atoms with Crippen LogP contribution in [0.4, 0.5) is 13.2 Å². The van der Waals surface area contributed by atoms with Crippen molar-refractivity contribution in [3.05, 3.63) is 29.5 Å². The van der Waals surface area contributed by atoms with Gasteiger partial charge in [0.15, 0.2) is 16.8 Å². The summed E-state index contributed by atoms with van der Waals surface area (Å²) in [5, 5.41) is 8.54. The minimum atomic E-state index is -1.31. The van der Waals surface area contributed by atoms with Crippen LogP contribution >= 0.6 is 11.8 Å². The van der Waals surface area contributed by atoms with E-state index in [2.05, 4.69) is 15.2 Å². The lowest BCUT2D eigenvalue weighted by atomic mass is 10.4. The number of hydrogen-bond acceptors (Lipinski definition) is 4. The second-order valence-electron chi connectivity index (χ2n) is 5.37. The van der Waals surface area contributed by atoms with Crippen molar-refractivity contribution in [1.29, 1.82) is 0 Å². The van der Waals surface area contributed by atoms with Gasteiger partial charge >= 0.3 is 0 Å². The normalized spacial score (nSPS) is 18.2. The molecular weight excluding hydrogens is 301 g/mol. The van der Waals surface area contributed by atoms with Gasteiger partial charge in [0.05, 0.1) is 0 Å². The SMILES string of the molecule is Fc1cc(F)c(Sc2nnc(C3CC3)n2C2CC2)nc1F. The van der Waals surface area contributed by atoms with Crippen molar-refractivity contribution in [2.45, 2.75) is 47.8 Å². The highest BCUT2D eigenvalue weighted by molar-refractivity contribution is 7.99. The Morgan fingerprint density at radius 1 is 1.05 bits per heavy atom. The Morgan fingerprint density at radius 3 is 2.48 bits per heavy atom. The topological polar surface area (TPSA) is 43.6 Å². The average Bonchev–Trinajstić information content (AvgIpc) is 3.35. The summed E-state index contributed by atoms with van der Waals surface area (Å²) in [4.78, 5) is 3.32. The lowest BCUT2D eigenvalue weighted by molar-refractivity contribution is 0.447. The maximum atomic E-state index is 13.7. The fourth-order valence-electron chi connectivity index (χ4n) is 2.24. The predicted octanol–water partition coefficient (Wildman–Crippen LogP) is 3.45. The third-order valence-corrected chi connectivity index (χ3v) is 4.53. The Kier molecular flexibility index (Phi) is 2.95. The minimum absolute atomic E-state index is 0.217. The van der Waals surface area contributed by atoms with Crippen molar-refractivity contribution in [2.24, 2.45) is 0 Å². The van der Waals surface area contributed by atoms with Gasteiger partial charge in [0.2, 0.25) is 5.95 Å². The molecule has 0 amide bonds. The molecule has 110 valence electrons. The van der Waals surface area contributed by atoms with E-state index >= 15 is 0 Å². The fourth-order valence-corrected chi connectivity index (χ4v) is 3.12. The molecule has 2 aromatic rings. The van der Waals surface area contributed by atoms with Gasteiger partial charge in [0, 0.05) is 18.0 Å². The van der Waals surface area contributed by atoms with Crippen LogP contribution in [0.1, 0.15) is 43.5 Å². The standard InChI is InChI=1S/C13H11F3N4S/c14-8-5-9(15)12(17-10(8)16)21-13-19-18-11(6-1-2-6)20(13)7-3-4-7/h5-7H,1-4H2. The Bertz CT molecular complexity index is 710. The fraction of sp³-hybridized carbons (Fsp3) is 0.462. The molecule has 2 aromatic heterocycles. The molecule has 2 aliphatic rings. The highest BCUT2D eigenvalue weighted by atomic mass is 32.2. The molecule has 0 N–H and O–H groups in total. The van der Waals surface area contributed by atoms with E-state index in [1.807, 2.05) is 4.57 Å². The molecule has 2 saturated carbocycles. The summed E-state index contributed by atoms with van der Waals surface area (Å²) in [5.74, 6) is -2.14. The maximum absolute atomic E-state index is 13.7. The molecule has 0 saturated heterocycles. The van der Waals surface area contributed by atoms with Crippen molar-refractivity contribution in [3.8, 4) is 0 Å². The van der Waals surface area contributed by atoms with Crippen LogP contribution in [0.25, 0.3) is 0 Å². The van der Waals surface area contributed by atoms with Gasteiger partial charge in [-0.05, 0) is 37.4 Å². The Hall–Kier alpha value is -1.57. The molecule has 21 heavy (non-hydrogen) atoms. The van der Waals surface area contributed by atoms with E-state index in [-0.39, 0.29) is 5.03 Å². The van der Waals surface area contributed by atoms with Gasteiger partial charge in [-0.3, -0.25) is 0 Å². The molecule has 4 rings (SSSR count). The molecule has 2 heterocycles. The first-order chi connectivity index (χ1) is 10.1. The largest absolute Gasteiger partial charge is 0.302 e. The van der Waals surface area contributed by atoms with E-state index < -0.39 is 17.6 Å². The molecule has 0 spiro atoms. The Balaban J connectivity index is 1.70.